The molecule has 19 heavy (non-hydrogen) atoms. The van der Waals surface area contributed by atoms with Crippen molar-refractivity contribution in [2.45, 2.75) is 24.5 Å². The summed E-state index contributed by atoms with van der Waals surface area (Å²) in [6.45, 7) is 0. The summed E-state index contributed by atoms with van der Waals surface area (Å²) in [5.41, 5.74) is 6.96. The van der Waals surface area contributed by atoms with Gasteiger partial charge in [0.2, 0.25) is 0 Å². The fourth-order valence-corrected chi connectivity index (χ4v) is 3.43. The molecule has 2 N–H and O–H groups in total. The summed E-state index contributed by atoms with van der Waals surface area (Å²) in [7, 11) is -1.31. The van der Waals surface area contributed by atoms with Crippen LogP contribution in [-0.4, -0.2) is 33.1 Å². The molecule has 0 unspecified atom stereocenters. The van der Waals surface area contributed by atoms with E-state index in [1.807, 2.05) is 18.2 Å². The summed E-state index contributed by atoms with van der Waals surface area (Å²) in [6.07, 6.45) is 1.70. The van der Waals surface area contributed by atoms with Crippen LogP contribution in [0.5, 0.6) is 11.5 Å². The minimum atomic E-state index is -2.88. The molecule has 3 rings (SSSR count). The van der Waals surface area contributed by atoms with Crippen molar-refractivity contribution >= 4 is 9.84 Å². The van der Waals surface area contributed by atoms with Crippen LogP contribution in [0.3, 0.4) is 0 Å². The lowest BCUT2D eigenvalue weighted by Gasteiger charge is -2.27. The average Bonchev–Trinajstić information content (AvgIpc) is 3.06. The topological polar surface area (TPSA) is 78.6 Å². The zero-order valence-corrected chi connectivity index (χ0v) is 11.6. The first kappa shape index (κ1) is 12.7. The molecule has 1 aromatic rings. The minimum absolute atomic E-state index is 0.0821. The van der Waals surface area contributed by atoms with Gasteiger partial charge in [0.05, 0.1) is 18.6 Å². The van der Waals surface area contributed by atoms with E-state index in [1.165, 1.54) is 0 Å². The molecular weight excluding hydrogens is 266 g/mol. The lowest BCUT2D eigenvalue weighted by molar-refractivity contribution is 0.219. The summed E-state index contributed by atoms with van der Waals surface area (Å²) >= 11 is 0. The Hall–Kier alpha value is -1.27. The normalized spacial score (nSPS) is 23.5. The Labute approximate surface area is 112 Å². The summed E-state index contributed by atoms with van der Waals surface area (Å²) in [6, 6.07) is 5.62. The fourth-order valence-electron chi connectivity index (χ4n) is 2.26. The Morgan fingerprint density at radius 2 is 1.95 bits per heavy atom. The van der Waals surface area contributed by atoms with Crippen molar-refractivity contribution in [1.29, 1.82) is 0 Å². The number of nitrogens with two attached hydrogens (primary N) is 1. The quantitative estimate of drug-likeness (QED) is 0.885. The van der Waals surface area contributed by atoms with Crippen LogP contribution in [0, 0.1) is 0 Å². The third-order valence-electron chi connectivity index (χ3n) is 3.70. The molecule has 104 valence electrons. The lowest BCUT2D eigenvalue weighted by atomic mass is 10.1. The molecule has 6 heteroatoms. The van der Waals surface area contributed by atoms with Gasteiger partial charge in [0, 0.05) is 5.54 Å². The highest BCUT2D eigenvalue weighted by Crippen LogP contribution is 2.45. The van der Waals surface area contributed by atoms with Crippen molar-refractivity contribution in [1.82, 2.24) is 0 Å². The van der Waals surface area contributed by atoms with Gasteiger partial charge in [-0.3, -0.25) is 0 Å². The smallest absolute Gasteiger partial charge is 0.161 e. The van der Waals surface area contributed by atoms with Gasteiger partial charge in [-0.25, -0.2) is 8.42 Å². The van der Waals surface area contributed by atoms with E-state index in [-0.39, 0.29) is 23.1 Å². The van der Waals surface area contributed by atoms with E-state index >= 15 is 0 Å². The molecule has 2 fully saturated rings. The van der Waals surface area contributed by atoms with Gasteiger partial charge in [0.15, 0.2) is 21.3 Å². The molecule has 0 bridgehead atoms. The molecule has 5 nitrogen and oxygen atoms in total. The van der Waals surface area contributed by atoms with Gasteiger partial charge < -0.3 is 15.2 Å². The molecule has 1 aromatic carbocycles. The Bertz CT molecular complexity index is 595. The fraction of sp³-hybridized carbons (Fsp3) is 0.538. The molecule has 1 aliphatic carbocycles. The largest absolute Gasteiger partial charge is 0.493 e. The van der Waals surface area contributed by atoms with Crippen molar-refractivity contribution in [3.8, 4) is 11.5 Å². The van der Waals surface area contributed by atoms with Crippen LogP contribution < -0.4 is 15.2 Å². The standard InChI is InChI=1S/C13H17NO4S/c1-17-12-6-9(13(14)4-5-13)2-3-11(12)18-10-7-19(15,16)8-10/h2-3,6,10H,4-5,7-8,14H2,1H3. The summed E-state index contributed by atoms with van der Waals surface area (Å²) in [5, 5.41) is 0. The molecule has 0 radical (unpaired) electrons. The Morgan fingerprint density at radius 1 is 1.26 bits per heavy atom. The molecule has 1 heterocycles. The number of methoxy groups -OCH3 is 1. The average molecular weight is 283 g/mol. The number of hydrogen-bond donors (Lipinski definition) is 1. The van der Waals surface area contributed by atoms with Crippen molar-refractivity contribution in [2.75, 3.05) is 18.6 Å². The lowest BCUT2D eigenvalue weighted by Crippen LogP contribution is -2.45. The monoisotopic (exact) mass is 283 g/mol. The number of rotatable bonds is 4. The SMILES string of the molecule is COc1cc(C2(N)CC2)ccc1OC1CS(=O)(=O)C1. The molecule has 0 amide bonds. The summed E-state index contributed by atoms with van der Waals surface area (Å²) in [4.78, 5) is 0. The number of hydrogen-bond acceptors (Lipinski definition) is 5. The second-order valence-electron chi connectivity index (χ2n) is 5.34. The maximum Gasteiger partial charge on any atom is 0.161 e. The van der Waals surface area contributed by atoms with Crippen molar-refractivity contribution in [3.05, 3.63) is 23.8 Å². The number of sulfone groups is 1. The van der Waals surface area contributed by atoms with Gasteiger partial charge in [-0.2, -0.15) is 0 Å². The summed E-state index contributed by atoms with van der Waals surface area (Å²) in [5.74, 6) is 1.35. The maximum absolute atomic E-state index is 11.1. The van der Waals surface area contributed by atoms with E-state index in [1.54, 1.807) is 7.11 Å². The third-order valence-corrected chi connectivity index (χ3v) is 5.46. The third kappa shape index (κ3) is 2.42. The van der Waals surface area contributed by atoms with E-state index in [4.69, 9.17) is 15.2 Å². The van der Waals surface area contributed by atoms with Crippen molar-refractivity contribution in [2.24, 2.45) is 5.73 Å². The first-order valence-electron chi connectivity index (χ1n) is 6.26. The molecule has 0 aromatic heterocycles. The minimum Gasteiger partial charge on any atom is -0.493 e. The maximum atomic E-state index is 11.1. The first-order valence-corrected chi connectivity index (χ1v) is 8.08. The van der Waals surface area contributed by atoms with Crippen LogP contribution in [-0.2, 0) is 15.4 Å². The van der Waals surface area contributed by atoms with Gasteiger partial charge in [0.1, 0.15) is 6.10 Å². The zero-order chi connectivity index (χ0) is 13.7. The van der Waals surface area contributed by atoms with Crippen LogP contribution in [0.15, 0.2) is 18.2 Å². The number of benzene rings is 1. The highest BCUT2D eigenvalue weighted by atomic mass is 32.2. The van der Waals surface area contributed by atoms with Gasteiger partial charge in [0.25, 0.3) is 0 Å². The first-order chi connectivity index (χ1) is 8.92. The highest BCUT2D eigenvalue weighted by Gasteiger charge is 2.41. The van der Waals surface area contributed by atoms with Crippen molar-refractivity contribution in [3.63, 3.8) is 0 Å². The molecule has 0 atom stereocenters. The Balaban J connectivity index is 1.78. The van der Waals surface area contributed by atoms with E-state index in [0.29, 0.717) is 11.5 Å². The predicted octanol–water partition coefficient (Wildman–Crippen LogP) is 0.819. The molecule has 1 saturated heterocycles. The van der Waals surface area contributed by atoms with Crippen molar-refractivity contribution < 1.29 is 17.9 Å². The number of ether oxygens (including phenoxy) is 2. The van der Waals surface area contributed by atoms with Crippen LogP contribution in [0.4, 0.5) is 0 Å². The Kier molecular flexibility index (Phi) is 2.76. The van der Waals surface area contributed by atoms with Crippen LogP contribution in [0.2, 0.25) is 0 Å². The predicted molar refractivity (Wildman–Crippen MR) is 71.2 cm³/mol. The van der Waals surface area contributed by atoms with Crippen LogP contribution >= 0.6 is 0 Å². The van der Waals surface area contributed by atoms with Crippen LogP contribution in [0.1, 0.15) is 18.4 Å². The van der Waals surface area contributed by atoms with Gasteiger partial charge in [-0.05, 0) is 30.5 Å². The van der Waals surface area contributed by atoms with E-state index in [0.717, 1.165) is 18.4 Å². The molecule has 0 spiro atoms. The van der Waals surface area contributed by atoms with E-state index in [2.05, 4.69) is 0 Å². The zero-order valence-electron chi connectivity index (χ0n) is 10.8. The van der Waals surface area contributed by atoms with Gasteiger partial charge in [-0.1, -0.05) is 6.07 Å². The van der Waals surface area contributed by atoms with Gasteiger partial charge in [-0.15, -0.1) is 0 Å². The van der Waals surface area contributed by atoms with E-state index in [9.17, 15) is 8.42 Å². The molecular formula is C13H17NO4S. The summed E-state index contributed by atoms with van der Waals surface area (Å²) < 4.78 is 33.2. The molecule has 2 aliphatic rings. The van der Waals surface area contributed by atoms with Gasteiger partial charge >= 0.3 is 0 Å². The highest BCUT2D eigenvalue weighted by molar-refractivity contribution is 7.92. The second kappa shape index (κ2) is 4.11. The van der Waals surface area contributed by atoms with E-state index < -0.39 is 9.84 Å². The Morgan fingerprint density at radius 3 is 2.47 bits per heavy atom. The molecule has 1 aliphatic heterocycles. The second-order valence-corrected chi connectivity index (χ2v) is 7.49. The molecule has 1 saturated carbocycles. The van der Waals surface area contributed by atoms with Crippen LogP contribution in [0.25, 0.3) is 0 Å².